The standard InChI is InChI=1S/C28H36F3NO3/c1-5-22(32-24-15-21(26(33)34)27(24,3)4)18-8-12-20-17(14-18)9-13-23(25(20)28(29,30)31)35-19-10-6-16(2)7-11-19/h8-9,12-14,16,19,21-22,24,32H,5-7,10-11,15H2,1-4H3,(H,33,34)/t16-,19+,21?,22?,24?. The average molecular weight is 492 g/mol. The molecule has 7 heteroatoms. The van der Waals surface area contributed by atoms with E-state index in [0.717, 1.165) is 37.7 Å². The molecule has 2 aliphatic carbocycles. The molecule has 0 saturated heterocycles. The predicted octanol–water partition coefficient (Wildman–Crippen LogP) is 7.36. The van der Waals surface area contributed by atoms with E-state index in [1.54, 1.807) is 18.2 Å². The van der Waals surface area contributed by atoms with Crippen molar-refractivity contribution in [3.05, 3.63) is 41.5 Å². The Morgan fingerprint density at radius 1 is 1.17 bits per heavy atom. The van der Waals surface area contributed by atoms with Crippen molar-refractivity contribution in [2.45, 2.75) is 90.6 Å². The molecule has 0 bridgehead atoms. The number of nitrogens with one attached hydrogen (secondary N) is 1. The summed E-state index contributed by atoms with van der Waals surface area (Å²) in [5.41, 5.74) is -0.189. The maximum atomic E-state index is 14.2. The predicted molar refractivity (Wildman–Crippen MR) is 130 cm³/mol. The molecule has 0 heterocycles. The molecule has 0 aromatic heterocycles. The van der Waals surface area contributed by atoms with Gasteiger partial charge in [0.15, 0.2) is 0 Å². The first-order chi connectivity index (χ1) is 16.4. The van der Waals surface area contributed by atoms with Crippen LogP contribution in [0.5, 0.6) is 5.75 Å². The van der Waals surface area contributed by atoms with Crippen LogP contribution in [0.2, 0.25) is 0 Å². The minimum atomic E-state index is -4.53. The van der Waals surface area contributed by atoms with E-state index >= 15 is 0 Å². The number of carbonyl (C=O) groups is 1. The van der Waals surface area contributed by atoms with E-state index in [1.807, 2.05) is 26.8 Å². The van der Waals surface area contributed by atoms with Crippen molar-refractivity contribution >= 4 is 16.7 Å². The largest absolute Gasteiger partial charge is 0.490 e. The molecule has 0 spiro atoms. The summed E-state index contributed by atoms with van der Waals surface area (Å²) in [5, 5.41) is 13.6. The van der Waals surface area contributed by atoms with E-state index in [0.29, 0.717) is 17.7 Å². The lowest BCUT2D eigenvalue weighted by Crippen LogP contribution is -2.59. The average Bonchev–Trinajstić information content (AvgIpc) is 2.78. The van der Waals surface area contributed by atoms with Gasteiger partial charge in [0, 0.05) is 12.1 Å². The minimum absolute atomic E-state index is 0.0315. The normalized spacial score (nSPS) is 27.3. The van der Waals surface area contributed by atoms with Crippen LogP contribution in [0.4, 0.5) is 13.2 Å². The lowest BCUT2D eigenvalue weighted by atomic mass is 9.58. The Hall–Kier alpha value is -2.28. The van der Waals surface area contributed by atoms with Crippen molar-refractivity contribution < 1.29 is 27.8 Å². The SMILES string of the molecule is CCC(NC1CC(C(=O)O)C1(C)C)c1ccc2c(C(F)(F)F)c(O[C@H]3CC[C@@H](C)CC3)ccc2c1. The molecule has 2 N–H and O–H groups in total. The summed E-state index contributed by atoms with van der Waals surface area (Å²) in [6.45, 7) is 8.08. The summed E-state index contributed by atoms with van der Waals surface area (Å²) >= 11 is 0. The molecular weight excluding hydrogens is 455 g/mol. The van der Waals surface area contributed by atoms with Crippen LogP contribution in [0.25, 0.3) is 10.8 Å². The molecule has 4 nitrogen and oxygen atoms in total. The Kier molecular flexibility index (Phi) is 7.11. The fraction of sp³-hybridized carbons (Fsp3) is 0.607. The van der Waals surface area contributed by atoms with Gasteiger partial charge in [0.05, 0.1) is 12.0 Å². The number of carboxylic acid groups (broad SMARTS) is 1. The van der Waals surface area contributed by atoms with Gasteiger partial charge in [-0.15, -0.1) is 0 Å². The van der Waals surface area contributed by atoms with Crippen molar-refractivity contribution in [3.8, 4) is 5.75 Å². The molecule has 2 aromatic carbocycles. The third-order valence-electron chi connectivity index (χ3n) is 8.32. The second kappa shape index (κ2) is 9.64. The highest BCUT2D eigenvalue weighted by molar-refractivity contribution is 5.89. The van der Waals surface area contributed by atoms with Crippen molar-refractivity contribution in [1.82, 2.24) is 5.32 Å². The van der Waals surface area contributed by atoms with Crippen LogP contribution >= 0.6 is 0 Å². The fourth-order valence-corrected chi connectivity index (χ4v) is 5.78. The number of halogens is 3. The molecule has 2 saturated carbocycles. The zero-order valence-electron chi connectivity index (χ0n) is 20.9. The first-order valence-electron chi connectivity index (χ1n) is 12.7. The topological polar surface area (TPSA) is 58.6 Å². The molecule has 3 unspecified atom stereocenters. The minimum Gasteiger partial charge on any atom is -0.490 e. The zero-order chi connectivity index (χ0) is 25.5. The highest BCUT2D eigenvalue weighted by Crippen LogP contribution is 2.48. The number of rotatable bonds is 7. The van der Waals surface area contributed by atoms with Crippen molar-refractivity contribution in [2.75, 3.05) is 0 Å². The summed E-state index contributed by atoms with van der Waals surface area (Å²) in [6.07, 6.45) is 0.0766. The van der Waals surface area contributed by atoms with E-state index in [2.05, 4.69) is 12.2 Å². The van der Waals surface area contributed by atoms with Gasteiger partial charge in [-0.1, -0.05) is 45.9 Å². The summed E-state index contributed by atoms with van der Waals surface area (Å²) in [6, 6.07) is 8.27. The number of aliphatic carboxylic acids is 1. The maximum Gasteiger partial charge on any atom is 0.420 e. The van der Waals surface area contributed by atoms with Gasteiger partial charge in [-0.25, -0.2) is 0 Å². The van der Waals surface area contributed by atoms with Gasteiger partial charge in [0.2, 0.25) is 0 Å². The molecule has 4 rings (SSSR count). The van der Waals surface area contributed by atoms with Crippen LogP contribution in [-0.4, -0.2) is 23.2 Å². The van der Waals surface area contributed by atoms with Crippen molar-refractivity contribution in [3.63, 3.8) is 0 Å². The molecule has 0 radical (unpaired) electrons. The number of hydrogen-bond acceptors (Lipinski definition) is 3. The Bertz CT molecular complexity index is 1070. The molecule has 0 aliphatic heterocycles. The van der Waals surface area contributed by atoms with E-state index in [4.69, 9.17) is 4.74 Å². The molecule has 2 aromatic rings. The van der Waals surface area contributed by atoms with Gasteiger partial charge in [0.25, 0.3) is 0 Å². The van der Waals surface area contributed by atoms with Crippen molar-refractivity contribution in [2.24, 2.45) is 17.3 Å². The third-order valence-corrected chi connectivity index (χ3v) is 8.32. The number of alkyl halides is 3. The zero-order valence-corrected chi connectivity index (χ0v) is 20.9. The van der Waals surface area contributed by atoms with Crippen molar-refractivity contribution in [1.29, 1.82) is 0 Å². The first kappa shape index (κ1) is 25.8. The van der Waals surface area contributed by atoms with Crippen LogP contribution in [0.3, 0.4) is 0 Å². The van der Waals surface area contributed by atoms with E-state index in [1.165, 1.54) is 6.07 Å². The Labute approximate surface area is 205 Å². The molecule has 3 atom stereocenters. The van der Waals surface area contributed by atoms with Gasteiger partial charge in [0.1, 0.15) is 11.3 Å². The van der Waals surface area contributed by atoms with Crippen LogP contribution in [0.1, 0.15) is 83.4 Å². The quantitative estimate of drug-likeness (QED) is 0.425. The van der Waals surface area contributed by atoms with Gasteiger partial charge < -0.3 is 15.2 Å². The van der Waals surface area contributed by atoms with E-state index in [-0.39, 0.29) is 34.7 Å². The smallest absolute Gasteiger partial charge is 0.420 e. The number of fused-ring (bicyclic) bond motifs is 1. The monoisotopic (exact) mass is 491 g/mol. The molecule has 35 heavy (non-hydrogen) atoms. The number of benzene rings is 2. The van der Waals surface area contributed by atoms with E-state index < -0.39 is 23.6 Å². The highest BCUT2D eigenvalue weighted by Gasteiger charge is 2.52. The van der Waals surface area contributed by atoms with Gasteiger partial charge in [-0.05, 0) is 78.3 Å². The first-order valence-corrected chi connectivity index (χ1v) is 12.7. The van der Waals surface area contributed by atoms with Crippen LogP contribution in [0.15, 0.2) is 30.3 Å². The fourth-order valence-electron chi connectivity index (χ4n) is 5.78. The lowest BCUT2D eigenvalue weighted by molar-refractivity contribution is -0.155. The molecule has 2 fully saturated rings. The molecule has 0 amide bonds. The highest BCUT2D eigenvalue weighted by atomic mass is 19.4. The van der Waals surface area contributed by atoms with Gasteiger partial charge >= 0.3 is 12.1 Å². The molecule has 192 valence electrons. The van der Waals surface area contributed by atoms with Gasteiger partial charge in [-0.2, -0.15) is 13.2 Å². The number of carboxylic acids is 1. The Morgan fingerprint density at radius 3 is 2.43 bits per heavy atom. The summed E-state index contributed by atoms with van der Waals surface area (Å²) in [5.74, 6) is -0.674. The summed E-state index contributed by atoms with van der Waals surface area (Å²) in [7, 11) is 0. The third kappa shape index (κ3) is 5.16. The second-order valence-electron chi connectivity index (χ2n) is 11.0. The van der Waals surface area contributed by atoms with E-state index in [9.17, 15) is 23.1 Å². The number of hydrogen-bond donors (Lipinski definition) is 2. The van der Waals surface area contributed by atoms with Crippen LogP contribution in [-0.2, 0) is 11.0 Å². The van der Waals surface area contributed by atoms with Gasteiger partial charge in [-0.3, -0.25) is 4.79 Å². The Balaban J connectivity index is 1.60. The summed E-state index contributed by atoms with van der Waals surface area (Å²) in [4.78, 5) is 11.5. The molecular formula is C28H36F3NO3. The van der Waals surface area contributed by atoms with Crippen LogP contribution < -0.4 is 10.1 Å². The van der Waals surface area contributed by atoms with Crippen LogP contribution in [0, 0.1) is 17.3 Å². The molecule has 2 aliphatic rings. The Morgan fingerprint density at radius 2 is 1.86 bits per heavy atom. The maximum absolute atomic E-state index is 14.2. The number of ether oxygens (including phenoxy) is 1. The second-order valence-corrected chi connectivity index (χ2v) is 11.0. The lowest BCUT2D eigenvalue weighted by Gasteiger charge is -2.51. The summed E-state index contributed by atoms with van der Waals surface area (Å²) < 4.78 is 48.5.